The molecule has 126 valence electrons. The van der Waals surface area contributed by atoms with E-state index in [2.05, 4.69) is 15.1 Å². The maximum Gasteiger partial charge on any atom is 0.341 e. The molecule has 2 heterocycles. The summed E-state index contributed by atoms with van der Waals surface area (Å²) in [6.45, 7) is -0.372. The van der Waals surface area contributed by atoms with E-state index in [1.54, 1.807) is 41.4 Å². The van der Waals surface area contributed by atoms with Crippen LogP contribution in [0.4, 0.5) is 0 Å². The van der Waals surface area contributed by atoms with Gasteiger partial charge in [0.05, 0.1) is 11.9 Å². The Hall–Kier alpha value is -3.48. The van der Waals surface area contributed by atoms with Crippen molar-refractivity contribution in [3.8, 4) is 17.0 Å². The zero-order valence-corrected chi connectivity index (χ0v) is 13.5. The Morgan fingerprint density at radius 3 is 2.96 bits per heavy atom. The number of carboxylic acid groups (broad SMARTS) is 1. The van der Waals surface area contributed by atoms with Crippen molar-refractivity contribution < 1.29 is 14.6 Å². The highest BCUT2D eigenvalue weighted by Gasteiger charge is 2.03. The lowest BCUT2D eigenvalue weighted by molar-refractivity contribution is -0.139. The number of carbonyl (C=O) groups is 1. The zero-order chi connectivity index (χ0) is 17.6. The summed E-state index contributed by atoms with van der Waals surface area (Å²) in [5.41, 5.74) is 2.57. The van der Waals surface area contributed by atoms with E-state index in [0.717, 1.165) is 16.8 Å². The van der Waals surface area contributed by atoms with Crippen LogP contribution >= 0.6 is 0 Å². The van der Waals surface area contributed by atoms with Crippen molar-refractivity contribution >= 4 is 18.1 Å². The van der Waals surface area contributed by atoms with Crippen LogP contribution in [-0.2, 0) is 11.8 Å². The highest BCUT2D eigenvalue weighted by atomic mass is 16.5. The van der Waals surface area contributed by atoms with E-state index in [-0.39, 0.29) is 6.61 Å². The van der Waals surface area contributed by atoms with Gasteiger partial charge in [0, 0.05) is 25.0 Å². The van der Waals surface area contributed by atoms with Crippen molar-refractivity contribution in [2.45, 2.75) is 0 Å². The number of benzene rings is 1. The number of hydrogen-bond donors (Lipinski definition) is 1. The molecule has 0 saturated heterocycles. The molecular formula is C18H16N4O3. The number of carboxylic acids is 1. The van der Waals surface area contributed by atoms with Gasteiger partial charge in [-0.05, 0) is 29.8 Å². The van der Waals surface area contributed by atoms with Gasteiger partial charge in [0.2, 0.25) is 0 Å². The average Bonchev–Trinajstić information content (AvgIpc) is 3.05. The van der Waals surface area contributed by atoms with Gasteiger partial charge in [0.1, 0.15) is 5.75 Å². The van der Waals surface area contributed by atoms with Crippen LogP contribution in [0, 0.1) is 0 Å². The molecule has 0 unspecified atom stereocenters. The molecule has 25 heavy (non-hydrogen) atoms. The molecule has 0 aliphatic carbocycles. The van der Waals surface area contributed by atoms with Gasteiger partial charge in [-0.1, -0.05) is 18.2 Å². The molecule has 0 bridgehead atoms. The first-order chi connectivity index (χ1) is 12.1. The van der Waals surface area contributed by atoms with Gasteiger partial charge >= 0.3 is 5.97 Å². The molecule has 0 aliphatic heterocycles. The highest BCUT2D eigenvalue weighted by molar-refractivity contribution is 5.70. The van der Waals surface area contributed by atoms with E-state index in [0.29, 0.717) is 11.6 Å². The third-order valence-electron chi connectivity index (χ3n) is 3.32. The Balaban J connectivity index is 1.76. The predicted octanol–water partition coefficient (Wildman–Crippen LogP) is 2.51. The predicted molar refractivity (Wildman–Crippen MR) is 92.7 cm³/mol. The number of aliphatic carboxylic acids is 1. The first-order valence-corrected chi connectivity index (χ1v) is 7.55. The summed E-state index contributed by atoms with van der Waals surface area (Å²) in [5, 5.41) is 12.8. The zero-order valence-electron chi connectivity index (χ0n) is 13.5. The lowest BCUT2D eigenvalue weighted by Gasteiger charge is -2.03. The molecule has 3 aromatic rings. The molecular weight excluding hydrogens is 320 g/mol. The summed E-state index contributed by atoms with van der Waals surface area (Å²) in [7, 11) is 1.85. The smallest absolute Gasteiger partial charge is 0.341 e. The second-order valence-corrected chi connectivity index (χ2v) is 5.29. The second-order valence-electron chi connectivity index (χ2n) is 5.29. The van der Waals surface area contributed by atoms with E-state index in [1.165, 1.54) is 0 Å². The molecule has 2 aromatic heterocycles. The molecule has 0 amide bonds. The summed E-state index contributed by atoms with van der Waals surface area (Å²) in [6.07, 6.45) is 8.96. The van der Waals surface area contributed by atoms with E-state index in [1.807, 2.05) is 31.5 Å². The van der Waals surface area contributed by atoms with Gasteiger partial charge in [-0.15, -0.1) is 0 Å². The van der Waals surface area contributed by atoms with Crippen molar-refractivity contribution in [1.29, 1.82) is 0 Å². The quantitative estimate of drug-likeness (QED) is 0.744. The van der Waals surface area contributed by atoms with Gasteiger partial charge in [-0.25, -0.2) is 14.8 Å². The molecule has 0 atom stereocenters. The van der Waals surface area contributed by atoms with Crippen molar-refractivity contribution in [2.75, 3.05) is 6.61 Å². The SMILES string of the molecule is Cn1cc(-c2ccnc(/C=C/c3cccc(OCC(=O)O)c3)n2)cn1. The molecule has 0 aliphatic rings. The molecule has 1 N–H and O–H groups in total. The Morgan fingerprint density at radius 2 is 2.20 bits per heavy atom. The van der Waals surface area contributed by atoms with Crippen LogP contribution in [0.5, 0.6) is 5.75 Å². The Labute approximate surface area is 144 Å². The largest absolute Gasteiger partial charge is 0.482 e. The summed E-state index contributed by atoms with van der Waals surface area (Å²) in [6, 6.07) is 8.97. The van der Waals surface area contributed by atoms with E-state index >= 15 is 0 Å². The number of hydrogen-bond acceptors (Lipinski definition) is 5. The molecule has 1 aromatic carbocycles. The first kappa shape index (κ1) is 16.4. The Kier molecular flexibility index (Phi) is 4.84. The van der Waals surface area contributed by atoms with Crippen molar-refractivity contribution in [3.05, 3.63) is 60.3 Å². The fourth-order valence-electron chi connectivity index (χ4n) is 2.19. The number of aryl methyl sites for hydroxylation is 1. The summed E-state index contributed by atoms with van der Waals surface area (Å²) >= 11 is 0. The molecule has 0 radical (unpaired) electrons. The Morgan fingerprint density at radius 1 is 1.32 bits per heavy atom. The van der Waals surface area contributed by atoms with Crippen molar-refractivity contribution in [3.63, 3.8) is 0 Å². The first-order valence-electron chi connectivity index (χ1n) is 7.55. The maximum absolute atomic E-state index is 10.6. The number of nitrogens with zero attached hydrogens (tertiary/aromatic N) is 4. The summed E-state index contributed by atoms with van der Waals surface area (Å²) in [4.78, 5) is 19.3. The van der Waals surface area contributed by atoms with Gasteiger partial charge in [-0.2, -0.15) is 5.10 Å². The molecule has 0 spiro atoms. The monoisotopic (exact) mass is 336 g/mol. The second kappa shape index (κ2) is 7.39. The third-order valence-corrected chi connectivity index (χ3v) is 3.32. The van der Waals surface area contributed by atoms with Gasteiger partial charge in [0.15, 0.2) is 12.4 Å². The maximum atomic E-state index is 10.6. The van der Waals surface area contributed by atoms with E-state index in [9.17, 15) is 4.79 Å². The minimum atomic E-state index is -1.01. The molecule has 7 nitrogen and oxygen atoms in total. The number of ether oxygens (including phenoxy) is 1. The minimum Gasteiger partial charge on any atom is -0.482 e. The molecule has 0 fully saturated rings. The number of rotatable bonds is 6. The van der Waals surface area contributed by atoms with Gasteiger partial charge in [0.25, 0.3) is 0 Å². The van der Waals surface area contributed by atoms with Gasteiger partial charge in [-0.3, -0.25) is 4.68 Å². The Bertz CT molecular complexity index is 918. The van der Waals surface area contributed by atoms with Crippen LogP contribution < -0.4 is 4.74 Å². The van der Waals surface area contributed by atoms with Gasteiger partial charge < -0.3 is 9.84 Å². The molecule has 0 saturated carbocycles. The van der Waals surface area contributed by atoms with Crippen molar-refractivity contribution in [1.82, 2.24) is 19.7 Å². The molecule has 3 rings (SSSR count). The summed E-state index contributed by atoms with van der Waals surface area (Å²) < 4.78 is 6.88. The minimum absolute atomic E-state index is 0.372. The van der Waals surface area contributed by atoms with Crippen molar-refractivity contribution in [2.24, 2.45) is 7.05 Å². The number of aromatic nitrogens is 4. The van der Waals surface area contributed by atoms with Crippen LogP contribution in [0.15, 0.2) is 48.9 Å². The van der Waals surface area contributed by atoms with Crippen LogP contribution in [0.2, 0.25) is 0 Å². The fraction of sp³-hybridized carbons (Fsp3) is 0.111. The lowest BCUT2D eigenvalue weighted by atomic mass is 10.2. The average molecular weight is 336 g/mol. The highest BCUT2D eigenvalue weighted by Crippen LogP contribution is 2.17. The normalized spacial score (nSPS) is 10.9. The molecule has 7 heteroatoms. The summed E-state index contributed by atoms with van der Waals surface area (Å²) in [5.74, 6) is 0.0503. The fourth-order valence-corrected chi connectivity index (χ4v) is 2.19. The lowest BCUT2D eigenvalue weighted by Crippen LogP contribution is -2.09. The topological polar surface area (TPSA) is 90.1 Å². The third kappa shape index (κ3) is 4.51. The van der Waals surface area contributed by atoms with Crippen LogP contribution in [0.1, 0.15) is 11.4 Å². The van der Waals surface area contributed by atoms with Crippen LogP contribution in [0.25, 0.3) is 23.4 Å². The standard InChI is InChI=1S/C18H16N4O3/c1-22-11-14(10-20-22)16-7-8-19-17(21-16)6-5-13-3-2-4-15(9-13)25-12-18(23)24/h2-11H,12H2,1H3,(H,23,24)/b6-5+. The van der Waals surface area contributed by atoms with E-state index < -0.39 is 5.97 Å². The van der Waals surface area contributed by atoms with E-state index in [4.69, 9.17) is 9.84 Å². The van der Waals surface area contributed by atoms with Crippen LogP contribution in [0.3, 0.4) is 0 Å². The van der Waals surface area contributed by atoms with Crippen LogP contribution in [-0.4, -0.2) is 37.4 Å².